The van der Waals surface area contributed by atoms with E-state index >= 15 is 0 Å². The Balaban J connectivity index is 2.41. The third-order valence-electron chi connectivity index (χ3n) is 4.39. The number of para-hydroxylation sites is 1. The van der Waals surface area contributed by atoms with E-state index in [0.717, 1.165) is 30.6 Å². The normalized spacial score (nSPS) is 27.5. The second kappa shape index (κ2) is 5.96. The van der Waals surface area contributed by atoms with Crippen molar-refractivity contribution >= 4 is 0 Å². The molecule has 2 rings (SSSR count). The van der Waals surface area contributed by atoms with Crippen LogP contribution in [0.25, 0.3) is 0 Å². The summed E-state index contributed by atoms with van der Waals surface area (Å²) < 4.78 is 5.72. The predicted molar refractivity (Wildman–Crippen MR) is 78.3 cm³/mol. The van der Waals surface area contributed by atoms with E-state index in [4.69, 9.17) is 4.74 Å². The zero-order valence-electron chi connectivity index (χ0n) is 12.4. The van der Waals surface area contributed by atoms with E-state index in [9.17, 15) is 5.11 Å². The van der Waals surface area contributed by atoms with Crippen LogP contribution >= 0.6 is 0 Å². The molecular formula is C17H26O2. The van der Waals surface area contributed by atoms with Crippen LogP contribution in [0.2, 0.25) is 0 Å². The highest BCUT2D eigenvalue weighted by molar-refractivity contribution is 5.39. The van der Waals surface area contributed by atoms with Crippen molar-refractivity contribution in [2.45, 2.75) is 52.1 Å². The molecule has 2 unspecified atom stereocenters. The summed E-state index contributed by atoms with van der Waals surface area (Å²) in [7, 11) is 0. The van der Waals surface area contributed by atoms with Gasteiger partial charge < -0.3 is 9.84 Å². The van der Waals surface area contributed by atoms with Gasteiger partial charge in [0.25, 0.3) is 0 Å². The van der Waals surface area contributed by atoms with Crippen molar-refractivity contribution in [2.24, 2.45) is 11.8 Å². The number of hydrogen-bond donors (Lipinski definition) is 1. The molecule has 1 saturated carbocycles. The van der Waals surface area contributed by atoms with Gasteiger partial charge in [-0.25, -0.2) is 0 Å². The van der Waals surface area contributed by atoms with Crippen LogP contribution in [0.4, 0.5) is 0 Å². The maximum Gasteiger partial charge on any atom is 0.125 e. The number of benzene rings is 1. The van der Waals surface area contributed by atoms with Crippen LogP contribution in [0.3, 0.4) is 0 Å². The van der Waals surface area contributed by atoms with Crippen molar-refractivity contribution in [3.8, 4) is 5.75 Å². The summed E-state index contributed by atoms with van der Waals surface area (Å²) in [5.74, 6) is 1.66. The first-order chi connectivity index (χ1) is 9.09. The highest BCUT2D eigenvalue weighted by atomic mass is 16.5. The Morgan fingerprint density at radius 1 is 1.32 bits per heavy atom. The molecule has 1 fully saturated rings. The standard InChI is InChI=1S/C17H26O2/c1-4-19-16-11-6-5-10-15(16)17(18)12-8-7-9-14(17)13(2)3/h5-6,10-11,13-14,18H,4,7-9,12H2,1-3H3. The van der Waals surface area contributed by atoms with Gasteiger partial charge in [0.2, 0.25) is 0 Å². The van der Waals surface area contributed by atoms with Crippen LogP contribution in [-0.4, -0.2) is 11.7 Å². The highest BCUT2D eigenvalue weighted by Crippen LogP contribution is 2.47. The topological polar surface area (TPSA) is 29.5 Å². The minimum Gasteiger partial charge on any atom is -0.493 e. The second-order valence-electron chi connectivity index (χ2n) is 5.95. The lowest BCUT2D eigenvalue weighted by molar-refractivity contribution is -0.0736. The molecule has 2 heteroatoms. The Morgan fingerprint density at radius 2 is 2.05 bits per heavy atom. The first kappa shape index (κ1) is 14.4. The molecule has 1 aliphatic carbocycles. The number of aliphatic hydroxyl groups is 1. The van der Waals surface area contributed by atoms with Gasteiger partial charge in [0.1, 0.15) is 5.75 Å². The molecule has 106 valence electrons. The summed E-state index contributed by atoms with van der Waals surface area (Å²) >= 11 is 0. The van der Waals surface area contributed by atoms with E-state index in [1.165, 1.54) is 6.42 Å². The Morgan fingerprint density at radius 3 is 2.74 bits per heavy atom. The average Bonchev–Trinajstić information content (AvgIpc) is 2.40. The van der Waals surface area contributed by atoms with E-state index < -0.39 is 5.60 Å². The fourth-order valence-corrected chi connectivity index (χ4v) is 3.51. The Hall–Kier alpha value is -1.02. The summed E-state index contributed by atoms with van der Waals surface area (Å²) in [5.41, 5.74) is 0.258. The lowest BCUT2D eigenvalue weighted by Gasteiger charge is -2.43. The monoisotopic (exact) mass is 262 g/mol. The van der Waals surface area contributed by atoms with Gasteiger partial charge >= 0.3 is 0 Å². The summed E-state index contributed by atoms with van der Waals surface area (Å²) in [4.78, 5) is 0. The molecule has 0 amide bonds. The van der Waals surface area contributed by atoms with Crippen molar-refractivity contribution < 1.29 is 9.84 Å². The molecule has 0 aliphatic heterocycles. The summed E-state index contributed by atoms with van der Waals surface area (Å²) in [5, 5.41) is 11.3. The van der Waals surface area contributed by atoms with Crippen molar-refractivity contribution in [1.29, 1.82) is 0 Å². The maximum absolute atomic E-state index is 11.3. The number of rotatable bonds is 4. The summed E-state index contributed by atoms with van der Waals surface area (Å²) in [6.45, 7) is 7.05. The minimum absolute atomic E-state index is 0.322. The van der Waals surface area contributed by atoms with Crippen molar-refractivity contribution in [2.75, 3.05) is 6.61 Å². The molecule has 1 aliphatic rings. The lowest BCUT2D eigenvalue weighted by atomic mass is 9.67. The average molecular weight is 262 g/mol. The van der Waals surface area contributed by atoms with Crippen molar-refractivity contribution in [3.63, 3.8) is 0 Å². The Bertz CT molecular complexity index is 413. The smallest absolute Gasteiger partial charge is 0.125 e. The van der Waals surface area contributed by atoms with Crippen molar-refractivity contribution in [1.82, 2.24) is 0 Å². The van der Waals surface area contributed by atoms with Crippen LogP contribution in [-0.2, 0) is 5.60 Å². The number of hydrogen-bond acceptors (Lipinski definition) is 2. The fraction of sp³-hybridized carbons (Fsp3) is 0.647. The molecule has 2 atom stereocenters. The molecule has 0 heterocycles. The quantitative estimate of drug-likeness (QED) is 0.884. The van der Waals surface area contributed by atoms with E-state index in [-0.39, 0.29) is 0 Å². The molecule has 0 spiro atoms. The number of ether oxygens (including phenoxy) is 1. The fourth-order valence-electron chi connectivity index (χ4n) is 3.51. The molecule has 0 radical (unpaired) electrons. The third kappa shape index (κ3) is 2.79. The molecule has 0 saturated heterocycles. The molecule has 19 heavy (non-hydrogen) atoms. The van der Waals surface area contributed by atoms with Crippen LogP contribution in [0.15, 0.2) is 24.3 Å². The van der Waals surface area contributed by atoms with Gasteiger partial charge in [0.05, 0.1) is 12.2 Å². The van der Waals surface area contributed by atoms with Crippen molar-refractivity contribution in [3.05, 3.63) is 29.8 Å². The largest absolute Gasteiger partial charge is 0.493 e. The molecule has 0 bridgehead atoms. The highest BCUT2D eigenvalue weighted by Gasteiger charge is 2.43. The third-order valence-corrected chi connectivity index (χ3v) is 4.39. The predicted octanol–water partition coefficient (Wildman–Crippen LogP) is 4.12. The van der Waals surface area contributed by atoms with Crippen LogP contribution < -0.4 is 4.74 Å². The van der Waals surface area contributed by atoms with Gasteiger partial charge in [-0.3, -0.25) is 0 Å². The second-order valence-corrected chi connectivity index (χ2v) is 5.95. The van der Waals surface area contributed by atoms with E-state index in [2.05, 4.69) is 13.8 Å². The first-order valence-electron chi connectivity index (χ1n) is 7.54. The van der Waals surface area contributed by atoms with Gasteiger partial charge in [-0.05, 0) is 37.7 Å². The zero-order valence-corrected chi connectivity index (χ0v) is 12.4. The summed E-state index contributed by atoms with van der Waals surface area (Å²) in [6, 6.07) is 7.99. The van der Waals surface area contributed by atoms with Crippen LogP contribution in [0.1, 0.15) is 52.0 Å². The summed E-state index contributed by atoms with van der Waals surface area (Å²) in [6.07, 6.45) is 4.27. The van der Waals surface area contributed by atoms with Gasteiger partial charge in [0.15, 0.2) is 0 Å². The van der Waals surface area contributed by atoms with E-state index in [1.54, 1.807) is 0 Å². The Labute approximate surface area is 116 Å². The van der Waals surface area contributed by atoms with Gasteiger partial charge in [-0.15, -0.1) is 0 Å². The van der Waals surface area contributed by atoms with Crippen LogP contribution in [0.5, 0.6) is 5.75 Å². The maximum atomic E-state index is 11.3. The molecule has 1 aromatic carbocycles. The lowest BCUT2D eigenvalue weighted by Crippen LogP contribution is -2.41. The molecule has 1 N–H and O–H groups in total. The van der Waals surface area contributed by atoms with E-state index in [1.807, 2.05) is 31.2 Å². The van der Waals surface area contributed by atoms with Gasteiger partial charge in [-0.2, -0.15) is 0 Å². The SMILES string of the molecule is CCOc1ccccc1C1(O)CCCCC1C(C)C. The molecule has 1 aromatic rings. The minimum atomic E-state index is -0.724. The Kier molecular flexibility index (Phi) is 4.51. The van der Waals surface area contributed by atoms with Gasteiger partial charge in [0, 0.05) is 5.56 Å². The molecule has 0 aromatic heterocycles. The molecular weight excluding hydrogens is 236 g/mol. The van der Waals surface area contributed by atoms with E-state index in [0.29, 0.717) is 18.4 Å². The van der Waals surface area contributed by atoms with Crippen LogP contribution in [0, 0.1) is 11.8 Å². The van der Waals surface area contributed by atoms with Gasteiger partial charge in [-0.1, -0.05) is 44.9 Å². The first-order valence-corrected chi connectivity index (χ1v) is 7.54. The zero-order chi connectivity index (χ0) is 13.9. The molecule has 2 nitrogen and oxygen atoms in total.